The van der Waals surface area contributed by atoms with Crippen molar-refractivity contribution >= 4 is 50.7 Å². The van der Waals surface area contributed by atoms with E-state index in [2.05, 4.69) is 9.88 Å². The molecule has 0 N–H and O–H groups in total. The average molecular weight is 502 g/mol. The Balaban J connectivity index is 1.53. The molecule has 1 aliphatic heterocycles. The number of piperazine rings is 1. The van der Waals surface area contributed by atoms with E-state index >= 15 is 0 Å². The van der Waals surface area contributed by atoms with Gasteiger partial charge in [0.25, 0.3) is 11.5 Å². The zero-order valence-electron chi connectivity index (χ0n) is 19.6. The molecule has 2 amide bonds. The second-order valence-corrected chi connectivity index (χ2v) is 9.62. The van der Waals surface area contributed by atoms with Crippen LogP contribution in [0.3, 0.4) is 0 Å². The van der Waals surface area contributed by atoms with Gasteiger partial charge in [0.2, 0.25) is 5.91 Å². The highest BCUT2D eigenvalue weighted by atomic mass is 35.5. The predicted molar refractivity (Wildman–Crippen MR) is 136 cm³/mol. The normalized spacial score (nSPS) is 14.0. The molecule has 10 heteroatoms. The number of carbonyl (C=O) groups excluding carboxylic acids is 2. The number of benzene rings is 1. The molecule has 0 atom stereocenters. The highest BCUT2D eigenvalue weighted by Crippen LogP contribution is 2.30. The minimum Gasteiger partial charge on any atom is -0.367 e. The summed E-state index contributed by atoms with van der Waals surface area (Å²) in [5.41, 5.74) is 1.31. The largest absolute Gasteiger partial charge is 0.367 e. The Hall–Kier alpha value is -2.91. The number of likely N-dealkylation sites (N-methyl/N-ethyl adjacent to an activating group) is 1. The van der Waals surface area contributed by atoms with Crippen molar-refractivity contribution in [3.05, 3.63) is 56.4 Å². The van der Waals surface area contributed by atoms with Crippen molar-refractivity contribution in [1.82, 2.24) is 19.4 Å². The molecule has 34 heavy (non-hydrogen) atoms. The molecule has 0 radical (unpaired) electrons. The average Bonchev–Trinajstić information content (AvgIpc) is 3.18. The van der Waals surface area contributed by atoms with Crippen molar-refractivity contribution in [2.45, 2.75) is 27.3 Å². The lowest BCUT2D eigenvalue weighted by atomic mass is 10.2. The molecular formula is C24H28ClN5O3S. The molecule has 2 aromatic heterocycles. The van der Waals surface area contributed by atoms with Crippen molar-refractivity contribution in [1.29, 1.82) is 0 Å². The van der Waals surface area contributed by atoms with Crippen LogP contribution in [0.4, 0.5) is 5.69 Å². The molecule has 180 valence electrons. The van der Waals surface area contributed by atoms with Crippen molar-refractivity contribution in [3.8, 4) is 0 Å². The molecular weight excluding hydrogens is 474 g/mol. The summed E-state index contributed by atoms with van der Waals surface area (Å²) in [6.45, 7) is 9.18. The predicted octanol–water partition coefficient (Wildman–Crippen LogP) is 3.25. The Labute approximate surface area is 207 Å². The molecule has 0 aliphatic carbocycles. The number of thiophene rings is 1. The standard InChI is InChI=1S/C24H28ClN5O3S/c1-4-27(5-2)19(31)14-30-15-26-22-20(23(30)32)16(3)21(34-22)24(33)29-12-10-28(11-13-29)18-9-7-6-8-17(18)25/h6-9,15H,4-5,10-14H2,1-3H3. The molecule has 1 aromatic carbocycles. The van der Waals surface area contributed by atoms with Crippen molar-refractivity contribution in [2.75, 3.05) is 44.2 Å². The summed E-state index contributed by atoms with van der Waals surface area (Å²) in [6.07, 6.45) is 1.40. The first kappa shape index (κ1) is 24.2. The maximum absolute atomic E-state index is 13.3. The summed E-state index contributed by atoms with van der Waals surface area (Å²) in [4.78, 5) is 50.1. The minimum absolute atomic E-state index is 0.0635. The number of aromatic nitrogens is 2. The molecule has 0 saturated carbocycles. The van der Waals surface area contributed by atoms with Gasteiger partial charge >= 0.3 is 0 Å². The van der Waals surface area contributed by atoms with Gasteiger partial charge in [-0.05, 0) is 38.5 Å². The number of nitrogens with zero attached hydrogens (tertiary/aromatic N) is 5. The lowest BCUT2D eigenvalue weighted by molar-refractivity contribution is -0.131. The third-order valence-corrected chi connectivity index (χ3v) is 7.80. The lowest BCUT2D eigenvalue weighted by Crippen LogP contribution is -2.48. The number of anilines is 1. The van der Waals surface area contributed by atoms with E-state index in [4.69, 9.17) is 11.6 Å². The van der Waals surface area contributed by atoms with E-state index in [0.29, 0.717) is 64.9 Å². The number of rotatable bonds is 6. The van der Waals surface area contributed by atoms with Crippen molar-refractivity contribution in [2.24, 2.45) is 0 Å². The highest BCUT2D eigenvalue weighted by molar-refractivity contribution is 7.20. The molecule has 1 fully saturated rings. The summed E-state index contributed by atoms with van der Waals surface area (Å²) >= 11 is 7.56. The number of para-hydroxylation sites is 1. The lowest BCUT2D eigenvalue weighted by Gasteiger charge is -2.36. The third-order valence-electron chi connectivity index (χ3n) is 6.29. The van der Waals surface area contributed by atoms with Crippen molar-refractivity contribution in [3.63, 3.8) is 0 Å². The van der Waals surface area contributed by atoms with Gasteiger partial charge in [0.05, 0.1) is 27.3 Å². The van der Waals surface area contributed by atoms with Crippen LogP contribution in [0.15, 0.2) is 35.4 Å². The fourth-order valence-corrected chi connectivity index (χ4v) is 5.66. The van der Waals surface area contributed by atoms with Gasteiger partial charge in [-0.25, -0.2) is 4.98 Å². The second kappa shape index (κ2) is 10.1. The van der Waals surface area contributed by atoms with E-state index in [1.54, 1.807) is 11.8 Å². The fraction of sp³-hybridized carbons (Fsp3) is 0.417. The van der Waals surface area contributed by atoms with E-state index in [-0.39, 0.29) is 23.9 Å². The molecule has 0 bridgehead atoms. The van der Waals surface area contributed by atoms with Gasteiger partial charge in [-0.15, -0.1) is 11.3 Å². The van der Waals surface area contributed by atoms with Crippen LogP contribution in [0, 0.1) is 6.92 Å². The first-order valence-electron chi connectivity index (χ1n) is 11.4. The van der Waals surface area contributed by atoms with E-state index in [0.717, 1.165) is 5.69 Å². The van der Waals surface area contributed by atoms with Crippen LogP contribution in [0.5, 0.6) is 0 Å². The van der Waals surface area contributed by atoms with Crippen LogP contribution in [-0.2, 0) is 11.3 Å². The Morgan fingerprint density at radius 1 is 1.12 bits per heavy atom. The molecule has 4 rings (SSSR count). The van der Waals surface area contributed by atoms with Crippen LogP contribution in [-0.4, -0.2) is 70.4 Å². The van der Waals surface area contributed by atoms with Gasteiger partial charge in [0.1, 0.15) is 11.4 Å². The third kappa shape index (κ3) is 4.54. The zero-order chi connectivity index (χ0) is 24.4. The summed E-state index contributed by atoms with van der Waals surface area (Å²) in [7, 11) is 0. The van der Waals surface area contributed by atoms with Gasteiger partial charge in [0, 0.05) is 39.3 Å². The van der Waals surface area contributed by atoms with E-state index in [1.807, 2.05) is 43.0 Å². The Bertz CT molecular complexity index is 1280. The molecule has 0 unspecified atom stereocenters. The van der Waals surface area contributed by atoms with Gasteiger partial charge in [-0.2, -0.15) is 0 Å². The SMILES string of the molecule is CCN(CC)C(=O)Cn1cnc2sc(C(=O)N3CCN(c4ccccc4Cl)CC3)c(C)c2c1=O. The van der Waals surface area contributed by atoms with Gasteiger partial charge < -0.3 is 14.7 Å². The number of carbonyl (C=O) groups is 2. The number of hydrogen-bond donors (Lipinski definition) is 0. The van der Waals surface area contributed by atoms with Crippen LogP contribution >= 0.6 is 22.9 Å². The number of hydrogen-bond acceptors (Lipinski definition) is 6. The summed E-state index contributed by atoms with van der Waals surface area (Å²) in [5, 5.41) is 1.11. The number of amides is 2. The molecule has 0 spiro atoms. The molecule has 1 saturated heterocycles. The highest BCUT2D eigenvalue weighted by Gasteiger charge is 2.27. The molecule has 3 heterocycles. The van der Waals surface area contributed by atoms with Crippen LogP contribution < -0.4 is 10.5 Å². The van der Waals surface area contributed by atoms with Crippen LogP contribution in [0.1, 0.15) is 29.1 Å². The smallest absolute Gasteiger partial charge is 0.264 e. The fourth-order valence-electron chi connectivity index (χ4n) is 4.30. The van der Waals surface area contributed by atoms with Gasteiger partial charge in [0.15, 0.2) is 0 Å². The minimum atomic E-state index is -0.290. The summed E-state index contributed by atoms with van der Waals surface area (Å²) < 4.78 is 1.33. The Morgan fingerprint density at radius 2 is 1.79 bits per heavy atom. The first-order valence-corrected chi connectivity index (χ1v) is 12.6. The first-order chi connectivity index (χ1) is 16.3. The van der Waals surface area contributed by atoms with Crippen LogP contribution in [0.2, 0.25) is 5.02 Å². The van der Waals surface area contributed by atoms with E-state index < -0.39 is 0 Å². The second-order valence-electron chi connectivity index (χ2n) is 8.21. The molecule has 3 aromatic rings. The summed E-state index contributed by atoms with van der Waals surface area (Å²) in [6, 6.07) is 7.70. The Morgan fingerprint density at radius 3 is 2.44 bits per heavy atom. The maximum Gasteiger partial charge on any atom is 0.264 e. The monoisotopic (exact) mass is 501 g/mol. The molecule has 1 aliphatic rings. The topological polar surface area (TPSA) is 78.8 Å². The Kier molecular flexibility index (Phi) is 7.23. The number of aryl methyl sites for hydroxylation is 1. The van der Waals surface area contributed by atoms with Crippen molar-refractivity contribution < 1.29 is 9.59 Å². The molecule has 8 nitrogen and oxygen atoms in total. The zero-order valence-corrected chi connectivity index (χ0v) is 21.2. The quantitative estimate of drug-likeness (QED) is 0.518. The van der Waals surface area contributed by atoms with E-state index in [9.17, 15) is 14.4 Å². The van der Waals surface area contributed by atoms with Gasteiger partial charge in [-0.1, -0.05) is 23.7 Å². The summed E-state index contributed by atoms with van der Waals surface area (Å²) in [5.74, 6) is -0.224. The maximum atomic E-state index is 13.3. The number of halogens is 1. The van der Waals surface area contributed by atoms with E-state index in [1.165, 1.54) is 22.2 Å². The number of fused-ring (bicyclic) bond motifs is 1. The van der Waals surface area contributed by atoms with Crippen LogP contribution in [0.25, 0.3) is 10.2 Å². The van der Waals surface area contributed by atoms with Gasteiger partial charge in [-0.3, -0.25) is 19.0 Å².